The van der Waals surface area contributed by atoms with E-state index in [1.165, 1.54) is 21.4 Å². The lowest BCUT2D eigenvalue weighted by atomic mass is 9.90. The average molecular weight is 365 g/mol. The van der Waals surface area contributed by atoms with Crippen LogP contribution in [0.15, 0.2) is 59.6 Å². The minimum absolute atomic E-state index is 0.106. The van der Waals surface area contributed by atoms with Crippen molar-refractivity contribution >= 4 is 28.4 Å². The predicted octanol–water partition coefficient (Wildman–Crippen LogP) is 4.98. The number of fused-ring (bicyclic) bond motifs is 1. The number of Topliss-reactive ketones (excluding diaryl/α,β-unsaturated/α-hetero) is 1. The second-order valence-corrected chi connectivity index (χ2v) is 7.91. The van der Waals surface area contributed by atoms with E-state index in [0.717, 1.165) is 38.0 Å². The van der Waals surface area contributed by atoms with Crippen LogP contribution in [0.1, 0.15) is 28.8 Å². The predicted molar refractivity (Wildman–Crippen MR) is 109 cm³/mol. The number of H-pyrrole nitrogens is 1. The van der Waals surface area contributed by atoms with Crippen LogP contribution in [0.5, 0.6) is 0 Å². The molecule has 1 atom stereocenters. The fourth-order valence-corrected chi connectivity index (χ4v) is 4.32. The molecule has 2 heterocycles. The van der Waals surface area contributed by atoms with E-state index in [1.54, 1.807) is 11.8 Å². The minimum Gasteiger partial charge on any atom is -0.361 e. The Balaban J connectivity index is 1.45. The van der Waals surface area contributed by atoms with Gasteiger partial charge in [0.25, 0.3) is 0 Å². The first-order valence-electron chi connectivity index (χ1n) is 9.20. The largest absolute Gasteiger partial charge is 0.361 e. The fraction of sp³-hybridized carbons (Fsp3) is 0.318. The molecule has 0 saturated carbocycles. The zero-order chi connectivity index (χ0) is 17.9. The zero-order valence-electron chi connectivity index (χ0n) is 15.1. The molecule has 134 valence electrons. The number of benzene rings is 2. The summed E-state index contributed by atoms with van der Waals surface area (Å²) in [7, 11) is 0. The number of para-hydroxylation sites is 1. The molecule has 1 aliphatic rings. The molecule has 0 amide bonds. The molecule has 0 bridgehead atoms. The lowest BCUT2D eigenvalue weighted by molar-refractivity contribution is 0.0812. The number of thioether (sulfide) groups is 1. The van der Waals surface area contributed by atoms with E-state index in [-0.39, 0.29) is 5.92 Å². The summed E-state index contributed by atoms with van der Waals surface area (Å²) in [5.74, 6) is 0.398. The van der Waals surface area contributed by atoms with E-state index in [4.69, 9.17) is 0 Å². The quantitative estimate of drug-likeness (QED) is 0.512. The van der Waals surface area contributed by atoms with Crippen LogP contribution < -0.4 is 0 Å². The Morgan fingerprint density at radius 2 is 2.00 bits per heavy atom. The van der Waals surface area contributed by atoms with E-state index in [9.17, 15) is 4.79 Å². The van der Waals surface area contributed by atoms with Crippen LogP contribution >= 0.6 is 11.8 Å². The van der Waals surface area contributed by atoms with Crippen LogP contribution in [0, 0.1) is 5.92 Å². The first kappa shape index (κ1) is 17.4. The third-order valence-electron chi connectivity index (χ3n) is 5.32. The van der Waals surface area contributed by atoms with Gasteiger partial charge in [-0.1, -0.05) is 30.3 Å². The SMILES string of the molecule is CSc1ccc(C(=O)C2CCCN(Cc3c[nH]c4ccccc34)C2)cc1. The van der Waals surface area contributed by atoms with Gasteiger partial charge >= 0.3 is 0 Å². The Labute approximate surface area is 158 Å². The molecule has 3 nitrogen and oxygen atoms in total. The van der Waals surface area contributed by atoms with Gasteiger partial charge in [0, 0.05) is 46.6 Å². The molecular formula is C22H24N2OS. The Kier molecular flexibility index (Phi) is 5.14. The summed E-state index contributed by atoms with van der Waals surface area (Å²) >= 11 is 1.71. The van der Waals surface area contributed by atoms with Gasteiger partial charge in [0.05, 0.1) is 0 Å². The molecular weight excluding hydrogens is 340 g/mol. The highest BCUT2D eigenvalue weighted by Crippen LogP contribution is 2.25. The van der Waals surface area contributed by atoms with Crippen molar-refractivity contribution in [3.05, 3.63) is 65.9 Å². The van der Waals surface area contributed by atoms with E-state index in [0.29, 0.717) is 5.78 Å². The third kappa shape index (κ3) is 3.57. The molecule has 1 aliphatic heterocycles. The molecule has 0 aliphatic carbocycles. The number of aromatic amines is 1. The molecule has 4 rings (SSSR count). The number of ketones is 1. The van der Waals surface area contributed by atoms with E-state index < -0.39 is 0 Å². The van der Waals surface area contributed by atoms with Gasteiger partial charge in [0.2, 0.25) is 0 Å². The van der Waals surface area contributed by atoms with Crippen LogP contribution in [-0.2, 0) is 6.54 Å². The third-order valence-corrected chi connectivity index (χ3v) is 6.06. The van der Waals surface area contributed by atoms with Crippen LogP contribution in [0.2, 0.25) is 0 Å². The maximum absolute atomic E-state index is 12.9. The molecule has 2 aromatic carbocycles. The summed E-state index contributed by atoms with van der Waals surface area (Å²) < 4.78 is 0. The topological polar surface area (TPSA) is 36.1 Å². The molecule has 1 unspecified atom stereocenters. The highest BCUT2D eigenvalue weighted by Gasteiger charge is 2.27. The summed E-state index contributed by atoms with van der Waals surface area (Å²) in [6, 6.07) is 16.5. The lowest BCUT2D eigenvalue weighted by Crippen LogP contribution is -2.38. The Morgan fingerprint density at radius 3 is 2.81 bits per heavy atom. The Bertz CT molecular complexity index is 900. The van der Waals surface area contributed by atoms with Crippen LogP contribution in [0.4, 0.5) is 0 Å². The summed E-state index contributed by atoms with van der Waals surface area (Å²) in [6.07, 6.45) is 6.24. The van der Waals surface area contributed by atoms with E-state index in [1.807, 2.05) is 24.3 Å². The number of rotatable bonds is 5. The molecule has 1 saturated heterocycles. The minimum atomic E-state index is 0.106. The maximum atomic E-state index is 12.9. The molecule has 0 radical (unpaired) electrons. The van der Waals surface area contributed by atoms with Gasteiger partial charge < -0.3 is 4.98 Å². The van der Waals surface area contributed by atoms with Gasteiger partial charge in [-0.2, -0.15) is 0 Å². The highest BCUT2D eigenvalue weighted by molar-refractivity contribution is 7.98. The molecule has 3 aromatic rings. The van der Waals surface area contributed by atoms with Gasteiger partial charge in [0.1, 0.15) is 0 Å². The van der Waals surface area contributed by atoms with Crippen molar-refractivity contribution in [2.75, 3.05) is 19.3 Å². The summed E-state index contributed by atoms with van der Waals surface area (Å²) in [6.45, 7) is 2.82. The second-order valence-electron chi connectivity index (χ2n) is 7.03. The number of hydrogen-bond donors (Lipinski definition) is 1. The summed E-state index contributed by atoms with van der Waals surface area (Å²) in [5.41, 5.74) is 3.35. The normalized spacial score (nSPS) is 18.3. The fourth-order valence-electron chi connectivity index (χ4n) is 3.91. The molecule has 1 fully saturated rings. The molecule has 4 heteroatoms. The number of likely N-dealkylation sites (tertiary alicyclic amines) is 1. The van der Waals surface area contributed by atoms with E-state index >= 15 is 0 Å². The maximum Gasteiger partial charge on any atom is 0.167 e. The average Bonchev–Trinajstić information content (AvgIpc) is 3.11. The van der Waals surface area contributed by atoms with Crippen molar-refractivity contribution in [1.29, 1.82) is 0 Å². The van der Waals surface area contributed by atoms with Crippen molar-refractivity contribution in [2.45, 2.75) is 24.3 Å². The second kappa shape index (κ2) is 7.68. The number of hydrogen-bond acceptors (Lipinski definition) is 3. The van der Waals surface area contributed by atoms with Crippen LogP contribution in [0.3, 0.4) is 0 Å². The molecule has 1 N–H and O–H groups in total. The lowest BCUT2D eigenvalue weighted by Gasteiger charge is -2.32. The molecule has 1 aromatic heterocycles. The number of piperidine rings is 1. The van der Waals surface area contributed by atoms with Gasteiger partial charge in [-0.05, 0) is 49.4 Å². The standard InChI is InChI=1S/C22H24N2OS/c1-26-19-10-8-16(9-11-19)22(25)17-5-4-12-24(14-17)15-18-13-23-21-7-3-2-6-20(18)21/h2-3,6-11,13,17,23H,4-5,12,14-15H2,1H3. The Morgan fingerprint density at radius 1 is 1.19 bits per heavy atom. The Hall–Kier alpha value is -2.04. The first-order chi connectivity index (χ1) is 12.7. The number of aromatic nitrogens is 1. The number of nitrogens with zero attached hydrogens (tertiary/aromatic N) is 1. The van der Waals surface area contributed by atoms with Crippen molar-refractivity contribution < 1.29 is 4.79 Å². The van der Waals surface area contributed by atoms with Crippen LogP contribution in [0.25, 0.3) is 10.9 Å². The number of nitrogens with one attached hydrogen (secondary N) is 1. The first-order valence-corrected chi connectivity index (χ1v) is 10.4. The van der Waals surface area contributed by atoms with Gasteiger partial charge in [-0.25, -0.2) is 0 Å². The highest BCUT2D eigenvalue weighted by atomic mass is 32.2. The van der Waals surface area contributed by atoms with Gasteiger partial charge in [0.15, 0.2) is 5.78 Å². The number of carbonyl (C=O) groups excluding carboxylic acids is 1. The van der Waals surface area contributed by atoms with Gasteiger partial charge in [-0.15, -0.1) is 11.8 Å². The zero-order valence-corrected chi connectivity index (χ0v) is 15.9. The van der Waals surface area contributed by atoms with Gasteiger partial charge in [-0.3, -0.25) is 9.69 Å². The van der Waals surface area contributed by atoms with E-state index in [2.05, 4.69) is 46.6 Å². The molecule has 26 heavy (non-hydrogen) atoms. The summed E-state index contributed by atoms with van der Waals surface area (Å²) in [4.78, 5) is 19.9. The van der Waals surface area contributed by atoms with Crippen molar-refractivity contribution in [2.24, 2.45) is 5.92 Å². The van der Waals surface area contributed by atoms with Crippen molar-refractivity contribution in [1.82, 2.24) is 9.88 Å². The van der Waals surface area contributed by atoms with Crippen molar-refractivity contribution in [3.8, 4) is 0 Å². The van der Waals surface area contributed by atoms with Crippen LogP contribution in [-0.4, -0.2) is 35.0 Å². The molecule has 0 spiro atoms. The number of carbonyl (C=O) groups is 1. The monoisotopic (exact) mass is 364 g/mol. The van der Waals surface area contributed by atoms with Crippen molar-refractivity contribution in [3.63, 3.8) is 0 Å². The summed E-state index contributed by atoms with van der Waals surface area (Å²) in [5, 5.41) is 1.29. The smallest absolute Gasteiger partial charge is 0.167 e.